The van der Waals surface area contributed by atoms with Gasteiger partial charge < -0.3 is 9.84 Å². The van der Waals surface area contributed by atoms with Crippen LogP contribution in [0.1, 0.15) is 32.1 Å². The fraction of sp³-hybridized carbons (Fsp3) is 0.263. The molecule has 1 amide bonds. The van der Waals surface area contributed by atoms with Crippen molar-refractivity contribution in [2.45, 2.75) is 37.5 Å². The van der Waals surface area contributed by atoms with Gasteiger partial charge in [-0.2, -0.15) is 0 Å². The third-order valence-corrected chi connectivity index (χ3v) is 8.80. The van der Waals surface area contributed by atoms with Crippen molar-refractivity contribution < 1.29 is 26.2 Å². The van der Waals surface area contributed by atoms with Crippen molar-refractivity contribution in [2.24, 2.45) is 0 Å². The Balaban J connectivity index is 2.04. The van der Waals surface area contributed by atoms with Crippen LogP contribution in [0, 0.1) is 27.7 Å². The number of hydrogen-bond donors (Lipinski definition) is 2. The van der Waals surface area contributed by atoms with Gasteiger partial charge in [0.05, 0.1) is 10.6 Å². The lowest BCUT2D eigenvalue weighted by atomic mass is 10.1. The third-order valence-electron chi connectivity index (χ3n) is 4.49. The Kier molecular flexibility index (Phi) is 6.44. The van der Waals surface area contributed by atoms with E-state index >= 15 is 0 Å². The van der Waals surface area contributed by atoms with E-state index in [1.807, 2.05) is 0 Å². The predicted octanol–water partition coefficient (Wildman–Crippen LogP) is 4.08. The van der Waals surface area contributed by atoms with E-state index in [2.05, 4.69) is 15.2 Å². The first kappa shape index (κ1) is 24.2. The van der Waals surface area contributed by atoms with Gasteiger partial charge in [-0.25, -0.2) is 21.6 Å². The van der Waals surface area contributed by atoms with Crippen molar-refractivity contribution in [3.05, 3.63) is 49.8 Å². The quantitative estimate of drug-likeness (QED) is 0.502. The van der Waals surface area contributed by atoms with Crippen LogP contribution in [0.25, 0.3) is 0 Å². The molecule has 2 heterocycles. The largest absolute Gasteiger partial charge is 0.336 e. The van der Waals surface area contributed by atoms with E-state index in [9.17, 15) is 21.6 Å². The van der Waals surface area contributed by atoms with Crippen LogP contribution in [0.15, 0.2) is 31.8 Å². The topological polar surface area (TPSA) is 135 Å². The third kappa shape index (κ3) is 4.68. The summed E-state index contributed by atoms with van der Waals surface area (Å²) in [5.74, 6) is -1.03. The van der Waals surface area contributed by atoms with Crippen molar-refractivity contribution in [3.63, 3.8) is 0 Å². The highest BCUT2D eigenvalue weighted by atomic mass is 35.5. The summed E-state index contributed by atoms with van der Waals surface area (Å²) in [7, 11) is -7.93. The van der Waals surface area contributed by atoms with E-state index in [1.54, 1.807) is 26.8 Å². The van der Waals surface area contributed by atoms with Gasteiger partial charge in [0.1, 0.15) is 20.5 Å². The summed E-state index contributed by atoms with van der Waals surface area (Å²) in [6.07, 6.45) is 1.04. The summed E-state index contributed by atoms with van der Waals surface area (Å²) >= 11 is 6.91. The Labute approximate surface area is 194 Å². The number of anilines is 2. The van der Waals surface area contributed by atoms with Gasteiger partial charge in [0, 0.05) is 6.26 Å². The number of nitrogens with one attached hydrogen (secondary N) is 2. The molecule has 0 unspecified atom stereocenters. The molecular weight excluding hydrogens is 498 g/mol. The minimum absolute atomic E-state index is 0.000494. The van der Waals surface area contributed by atoms with Gasteiger partial charge in [0.2, 0.25) is 0 Å². The maximum Gasteiger partial charge on any atom is 0.267 e. The first-order valence-corrected chi connectivity index (χ1v) is 13.7. The number of aromatic nitrogens is 1. The molecule has 0 radical (unpaired) electrons. The van der Waals surface area contributed by atoms with Crippen molar-refractivity contribution in [1.29, 1.82) is 0 Å². The summed E-state index contributed by atoms with van der Waals surface area (Å²) in [6.45, 7) is 6.47. The monoisotopic (exact) mass is 517 g/mol. The van der Waals surface area contributed by atoms with Gasteiger partial charge in [-0.3, -0.25) is 4.79 Å². The van der Waals surface area contributed by atoms with Gasteiger partial charge in [0.25, 0.3) is 21.8 Å². The minimum atomic E-state index is -4.27. The van der Waals surface area contributed by atoms with Gasteiger partial charge >= 0.3 is 0 Å². The zero-order chi connectivity index (χ0) is 24.0. The Morgan fingerprint density at radius 3 is 2.31 bits per heavy atom. The lowest BCUT2D eigenvalue weighted by Gasteiger charge is -2.14. The van der Waals surface area contributed by atoms with Gasteiger partial charge in [0.15, 0.2) is 9.84 Å². The molecule has 2 aromatic heterocycles. The SMILES string of the molecule is Cc1cc(C)c(NC(=O)c2scc(C)c2S(=O)(=O)Nc2onc(C)c2Cl)c(S(C)(=O)=O)c1. The first-order valence-electron chi connectivity index (χ1n) is 9.07. The van der Waals surface area contributed by atoms with E-state index in [0.717, 1.165) is 17.6 Å². The number of nitrogens with zero attached hydrogens (tertiary/aromatic N) is 1. The summed E-state index contributed by atoms with van der Waals surface area (Å²) in [5, 5.41) is 7.68. The van der Waals surface area contributed by atoms with Crippen LogP contribution < -0.4 is 10.0 Å². The number of carbonyl (C=O) groups excluding carboxylic acids is 1. The molecule has 1 aromatic carbocycles. The average molecular weight is 518 g/mol. The zero-order valence-corrected chi connectivity index (χ0v) is 20.9. The Morgan fingerprint density at radius 2 is 1.75 bits per heavy atom. The standard InChI is InChI=1S/C19H20ClN3O6S3/c1-9-6-10(2)15(13(7-9)31(5,25)26)21-18(24)16-17(11(3)8-30-16)32(27,28)23-19-14(20)12(4)22-29-19/h6-8,23H,1-5H3,(H,21,24). The molecule has 0 aliphatic carbocycles. The van der Waals surface area contributed by atoms with Crippen molar-refractivity contribution >= 4 is 60.3 Å². The highest BCUT2D eigenvalue weighted by Gasteiger charge is 2.30. The number of carbonyl (C=O) groups is 1. The highest BCUT2D eigenvalue weighted by Crippen LogP contribution is 2.33. The van der Waals surface area contributed by atoms with Gasteiger partial charge in [-0.1, -0.05) is 22.8 Å². The van der Waals surface area contributed by atoms with Gasteiger partial charge in [-0.05, 0) is 55.8 Å². The smallest absolute Gasteiger partial charge is 0.267 e. The summed E-state index contributed by atoms with van der Waals surface area (Å²) in [6, 6.07) is 3.17. The molecule has 3 aromatic rings. The Bertz CT molecular complexity index is 1440. The van der Waals surface area contributed by atoms with Crippen molar-refractivity contribution in [3.8, 4) is 0 Å². The van der Waals surface area contributed by atoms with Crippen LogP contribution in [-0.4, -0.2) is 34.2 Å². The maximum absolute atomic E-state index is 13.1. The van der Waals surface area contributed by atoms with E-state index in [0.29, 0.717) is 22.4 Å². The molecule has 172 valence electrons. The number of benzene rings is 1. The van der Waals surface area contributed by atoms with Crippen LogP contribution in [0.2, 0.25) is 5.02 Å². The maximum atomic E-state index is 13.1. The number of amides is 1. The van der Waals surface area contributed by atoms with Crippen molar-refractivity contribution in [2.75, 3.05) is 16.3 Å². The second kappa shape index (κ2) is 8.50. The molecule has 0 spiro atoms. The molecule has 32 heavy (non-hydrogen) atoms. The second-order valence-corrected chi connectivity index (χ2v) is 12.1. The lowest BCUT2D eigenvalue weighted by molar-refractivity contribution is 0.102. The number of sulfonamides is 1. The second-order valence-electron chi connectivity index (χ2n) is 7.27. The van der Waals surface area contributed by atoms with Crippen molar-refractivity contribution in [1.82, 2.24) is 5.16 Å². The van der Waals surface area contributed by atoms with E-state index < -0.39 is 25.8 Å². The lowest BCUT2D eigenvalue weighted by Crippen LogP contribution is -2.20. The normalized spacial score (nSPS) is 12.1. The molecule has 3 rings (SSSR count). The molecule has 0 saturated carbocycles. The van der Waals surface area contributed by atoms with Gasteiger partial charge in [-0.15, -0.1) is 11.3 Å². The molecule has 0 fully saturated rings. The summed E-state index contributed by atoms with van der Waals surface area (Å²) in [4.78, 5) is 12.6. The number of aryl methyl sites for hydroxylation is 4. The fourth-order valence-electron chi connectivity index (χ4n) is 3.07. The molecule has 0 aliphatic rings. The first-order chi connectivity index (χ1) is 14.7. The average Bonchev–Trinajstić information content (AvgIpc) is 3.20. The number of rotatable bonds is 6. The molecule has 9 nitrogen and oxygen atoms in total. The Hall–Kier alpha value is -2.41. The molecule has 0 bridgehead atoms. The Morgan fingerprint density at radius 1 is 1.09 bits per heavy atom. The molecular formula is C19H20ClN3O6S3. The highest BCUT2D eigenvalue weighted by molar-refractivity contribution is 7.93. The number of sulfone groups is 1. The van der Waals surface area contributed by atoms with Crippen LogP contribution in [0.5, 0.6) is 0 Å². The molecule has 2 N–H and O–H groups in total. The number of hydrogen-bond acceptors (Lipinski definition) is 8. The van der Waals surface area contributed by atoms with E-state index in [1.165, 1.54) is 18.4 Å². The number of halogens is 1. The minimum Gasteiger partial charge on any atom is -0.336 e. The molecule has 0 aliphatic heterocycles. The van der Waals surface area contributed by atoms with Crippen LogP contribution in [-0.2, 0) is 19.9 Å². The van der Waals surface area contributed by atoms with Crippen LogP contribution in [0.3, 0.4) is 0 Å². The summed E-state index contributed by atoms with van der Waals surface area (Å²) < 4.78 is 57.7. The number of thiophene rings is 1. The van der Waals surface area contributed by atoms with Crippen LogP contribution >= 0.6 is 22.9 Å². The van der Waals surface area contributed by atoms with Crippen LogP contribution in [0.4, 0.5) is 11.6 Å². The van der Waals surface area contributed by atoms with E-state index in [-0.39, 0.29) is 31.3 Å². The molecule has 0 atom stereocenters. The molecule has 0 saturated heterocycles. The van der Waals surface area contributed by atoms with E-state index in [4.69, 9.17) is 16.1 Å². The summed E-state index contributed by atoms with van der Waals surface area (Å²) in [5.41, 5.74) is 1.95. The zero-order valence-electron chi connectivity index (χ0n) is 17.7. The predicted molar refractivity (Wildman–Crippen MR) is 123 cm³/mol. The molecule has 13 heteroatoms. The fourth-order valence-corrected chi connectivity index (χ4v) is 6.92.